The Balaban J connectivity index is 2.74. The summed E-state index contributed by atoms with van der Waals surface area (Å²) in [4.78, 5) is 21.2. The van der Waals surface area contributed by atoms with Crippen LogP contribution in [0.15, 0.2) is 18.2 Å². The van der Waals surface area contributed by atoms with E-state index in [0.29, 0.717) is 12.2 Å². The molecule has 0 aromatic heterocycles. The molecule has 0 fully saturated rings. The lowest BCUT2D eigenvalue weighted by atomic mass is 10.2. The van der Waals surface area contributed by atoms with Gasteiger partial charge in [0.1, 0.15) is 10.7 Å². The first kappa shape index (κ1) is 13.2. The van der Waals surface area contributed by atoms with Gasteiger partial charge in [0.05, 0.1) is 4.92 Å². The van der Waals surface area contributed by atoms with E-state index in [4.69, 9.17) is 11.6 Å². The summed E-state index contributed by atoms with van der Waals surface area (Å²) < 4.78 is 0. The number of carbonyl (C=O) groups is 1. The monoisotopic (exact) mass is 257 g/mol. The Bertz CT molecular complexity index is 437. The Hall–Kier alpha value is -1.82. The van der Waals surface area contributed by atoms with Crippen molar-refractivity contribution in [1.82, 2.24) is 5.32 Å². The molecule has 0 bridgehead atoms. The Morgan fingerprint density at radius 2 is 2.24 bits per heavy atom. The first-order valence-electron chi connectivity index (χ1n) is 4.93. The maximum absolute atomic E-state index is 11.0. The van der Waals surface area contributed by atoms with Gasteiger partial charge in [-0.05, 0) is 12.1 Å². The van der Waals surface area contributed by atoms with Gasteiger partial charge >= 0.3 is 5.69 Å². The van der Waals surface area contributed by atoms with Crippen molar-refractivity contribution in [2.24, 2.45) is 0 Å². The molecule has 6 nitrogen and oxygen atoms in total. The minimum absolute atomic E-state index is 0.0694. The third-order valence-corrected chi connectivity index (χ3v) is 2.42. The zero-order valence-electron chi connectivity index (χ0n) is 9.20. The number of rotatable bonds is 5. The van der Waals surface area contributed by atoms with Crippen LogP contribution in [0.5, 0.6) is 0 Å². The molecule has 0 atom stereocenters. The van der Waals surface area contributed by atoms with Crippen molar-refractivity contribution in [1.29, 1.82) is 0 Å². The number of carbonyl (C=O) groups excluding carboxylic acids is 1. The summed E-state index contributed by atoms with van der Waals surface area (Å²) in [6.07, 6.45) is 0.236. The zero-order chi connectivity index (χ0) is 12.8. The zero-order valence-corrected chi connectivity index (χ0v) is 9.95. The van der Waals surface area contributed by atoms with Gasteiger partial charge in [-0.3, -0.25) is 14.9 Å². The summed E-state index contributed by atoms with van der Waals surface area (Å²) in [6, 6.07) is 4.61. The SMILES string of the molecule is CNC(=O)CCNc1cccc(Cl)c1[N+](=O)[O-]. The molecular formula is C10H12ClN3O3. The van der Waals surface area contributed by atoms with Crippen molar-refractivity contribution in [3.8, 4) is 0 Å². The number of nitrogens with one attached hydrogen (secondary N) is 2. The highest BCUT2D eigenvalue weighted by Gasteiger charge is 2.17. The van der Waals surface area contributed by atoms with Crippen LogP contribution in [0.4, 0.5) is 11.4 Å². The van der Waals surface area contributed by atoms with Crippen molar-refractivity contribution in [3.63, 3.8) is 0 Å². The second-order valence-electron chi connectivity index (χ2n) is 3.24. The largest absolute Gasteiger partial charge is 0.379 e. The number of amides is 1. The molecule has 92 valence electrons. The second-order valence-corrected chi connectivity index (χ2v) is 3.65. The van der Waals surface area contributed by atoms with Gasteiger partial charge in [-0.2, -0.15) is 0 Å². The predicted molar refractivity (Wildman–Crippen MR) is 65.3 cm³/mol. The molecule has 1 aromatic rings. The predicted octanol–water partition coefficient (Wildman–Crippen LogP) is 1.80. The van der Waals surface area contributed by atoms with E-state index in [-0.39, 0.29) is 23.0 Å². The maximum atomic E-state index is 11.0. The molecule has 7 heteroatoms. The van der Waals surface area contributed by atoms with Crippen LogP contribution in [0.1, 0.15) is 6.42 Å². The number of halogens is 1. The molecular weight excluding hydrogens is 246 g/mol. The van der Waals surface area contributed by atoms with E-state index in [2.05, 4.69) is 10.6 Å². The van der Waals surface area contributed by atoms with Crippen LogP contribution in [-0.4, -0.2) is 24.4 Å². The van der Waals surface area contributed by atoms with Crippen LogP contribution in [0.2, 0.25) is 5.02 Å². The van der Waals surface area contributed by atoms with Crippen LogP contribution < -0.4 is 10.6 Å². The minimum Gasteiger partial charge on any atom is -0.379 e. The first-order chi connectivity index (χ1) is 8.06. The molecule has 0 radical (unpaired) electrons. The Morgan fingerprint density at radius 3 is 2.82 bits per heavy atom. The van der Waals surface area contributed by atoms with Crippen molar-refractivity contribution in [2.75, 3.05) is 18.9 Å². The molecule has 2 N–H and O–H groups in total. The lowest BCUT2D eigenvalue weighted by Crippen LogP contribution is -2.21. The number of nitro groups is 1. The van der Waals surface area contributed by atoms with Crippen LogP contribution in [0.3, 0.4) is 0 Å². The second kappa shape index (κ2) is 6.05. The molecule has 0 aliphatic carbocycles. The molecule has 0 unspecified atom stereocenters. The highest BCUT2D eigenvalue weighted by Crippen LogP contribution is 2.31. The summed E-state index contributed by atoms with van der Waals surface area (Å²) in [5, 5.41) is 16.1. The van der Waals surface area contributed by atoms with Crippen molar-refractivity contribution in [2.45, 2.75) is 6.42 Å². The van der Waals surface area contributed by atoms with Gasteiger partial charge < -0.3 is 10.6 Å². The normalized spacial score (nSPS) is 9.76. The van der Waals surface area contributed by atoms with E-state index in [1.807, 2.05) is 0 Å². The maximum Gasteiger partial charge on any atom is 0.310 e. The summed E-state index contributed by atoms with van der Waals surface area (Å²) in [5.74, 6) is -0.137. The van der Waals surface area contributed by atoms with Gasteiger partial charge in [-0.25, -0.2) is 0 Å². The molecule has 0 saturated carbocycles. The Labute approximate surface area is 103 Å². The fourth-order valence-electron chi connectivity index (χ4n) is 1.28. The quantitative estimate of drug-likeness (QED) is 0.622. The molecule has 0 spiro atoms. The number of hydrogen-bond acceptors (Lipinski definition) is 4. The van der Waals surface area contributed by atoms with Crippen LogP contribution in [0.25, 0.3) is 0 Å². The molecule has 1 amide bonds. The summed E-state index contributed by atoms with van der Waals surface area (Å²) in [5.41, 5.74) is 0.137. The van der Waals surface area contributed by atoms with E-state index in [0.717, 1.165) is 0 Å². The highest BCUT2D eigenvalue weighted by atomic mass is 35.5. The standard InChI is InChI=1S/C10H12ClN3O3/c1-12-9(15)5-6-13-8-4-2-3-7(11)10(8)14(16)17/h2-4,13H,5-6H2,1H3,(H,12,15). The third kappa shape index (κ3) is 3.60. The number of benzene rings is 1. The van der Waals surface area contributed by atoms with Crippen LogP contribution in [0, 0.1) is 10.1 Å². The fraction of sp³-hybridized carbons (Fsp3) is 0.300. The molecule has 17 heavy (non-hydrogen) atoms. The summed E-state index contributed by atoms with van der Waals surface area (Å²) in [6.45, 7) is 0.306. The molecule has 0 aliphatic rings. The van der Waals surface area contributed by atoms with E-state index >= 15 is 0 Å². The Kier molecular flexibility index (Phi) is 4.71. The van der Waals surface area contributed by atoms with Gasteiger partial charge in [-0.1, -0.05) is 17.7 Å². The molecule has 1 rings (SSSR count). The Morgan fingerprint density at radius 1 is 1.53 bits per heavy atom. The molecule has 1 aromatic carbocycles. The van der Waals surface area contributed by atoms with Gasteiger partial charge in [0.15, 0.2) is 0 Å². The fourth-order valence-corrected chi connectivity index (χ4v) is 1.52. The molecule has 0 heterocycles. The van der Waals surface area contributed by atoms with Gasteiger partial charge in [0.25, 0.3) is 0 Å². The number of anilines is 1. The number of nitrogens with zero attached hydrogens (tertiary/aromatic N) is 1. The van der Waals surface area contributed by atoms with Crippen LogP contribution in [-0.2, 0) is 4.79 Å². The van der Waals surface area contributed by atoms with Gasteiger partial charge in [0, 0.05) is 20.0 Å². The topological polar surface area (TPSA) is 84.3 Å². The average Bonchev–Trinajstić information content (AvgIpc) is 2.28. The van der Waals surface area contributed by atoms with Gasteiger partial charge in [-0.15, -0.1) is 0 Å². The van der Waals surface area contributed by atoms with E-state index in [9.17, 15) is 14.9 Å². The smallest absolute Gasteiger partial charge is 0.310 e. The highest BCUT2D eigenvalue weighted by molar-refractivity contribution is 6.33. The van der Waals surface area contributed by atoms with E-state index < -0.39 is 4.92 Å². The van der Waals surface area contributed by atoms with Crippen molar-refractivity contribution in [3.05, 3.63) is 33.3 Å². The number of nitro benzene ring substituents is 1. The summed E-state index contributed by atoms with van der Waals surface area (Å²) in [7, 11) is 1.53. The third-order valence-electron chi connectivity index (χ3n) is 2.12. The lowest BCUT2D eigenvalue weighted by Gasteiger charge is -2.07. The van der Waals surface area contributed by atoms with E-state index in [1.54, 1.807) is 12.1 Å². The number of hydrogen-bond donors (Lipinski definition) is 2. The molecule has 0 saturated heterocycles. The van der Waals surface area contributed by atoms with E-state index in [1.165, 1.54) is 13.1 Å². The van der Waals surface area contributed by atoms with Crippen molar-refractivity contribution >= 4 is 28.9 Å². The lowest BCUT2D eigenvalue weighted by molar-refractivity contribution is -0.383. The minimum atomic E-state index is -0.551. The van der Waals surface area contributed by atoms with Gasteiger partial charge in [0.2, 0.25) is 5.91 Å². The summed E-state index contributed by atoms with van der Waals surface area (Å²) >= 11 is 5.73. The first-order valence-corrected chi connectivity index (χ1v) is 5.31. The number of para-hydroxylation sites is 1. The molecule has 0 aliphatic heterocycles. The van der Waals surface area contributed by atoms with Crippen molar-refractivity contribution < 1.29 is 9.72 Å². The van der Waals surface area contributed by atoms with Crippen LogP contribution >= 0.6 is 11.6 Å². The average molecular weight is 258 g/mol.